The molecule has 0 bridgehead atoms. The normalized spacial score (nSPS) is 9.61. The van der Waals surface area contributed by atoms with Gasteiger partial charge in [0.15, 0.2) is 0 Å². The number of hydrogen-bond donors (Lipinski definition) is 2. The molecule has 0 radical (unpaired) electrons. The van der Waals surface area contributed by atoms with Crippen LogP contribution in [0.25, 0.3) is 11.1 Å². The second-order valence-corrected chi connectivity index (χ2v) is 3.78. The predicted octanol–water partition coefficient (Wildman–Crippen LogP) is 2.93. The number of halogens is 1. The Balaban J connectivity index is 0.00000162. The van der Waals surface area contributed by atoms with Gasteiger partial charge in [-0.25, -0.2) is 4.79 Å². The number of aromatic carboxylic acids is 1. The Labute approximate surface area is 112 Å². The maximum absolute atomic E-state index is 10.7. The summed E-state index contributed by atoms with van der Waals surface area (Å²) in [6.45, 7) is 0.526. The van der Waals surface area contributed by atoms with Gasteiger partial charge in [0, 0.05) is 6.54 Å². The summed E-state index contributed by atoms with van der Waals surface area (Å²) in [4.78, 5) is 10.7. The first kappa shape index (κ1) is 14.2. The van der Waals surface area contributed by atoms with E-state index in [-0.39, 0.29) is 12.4 Å². The first-order valence-corrected chi connectivity index (χ1v) is 5.33. The van der Waals surface area contributed by atoms with E-state index in [1.165, 1.54) is 0 Å². The van der Waals surface area contributed by atoms with Gasteiger partial charge in [0.2, 0.25) is 0 Å². The molecule has 0 aliphatic rings. The summed E-state index contributed by atoms with van der Waals surface area (Å²) in [5.41, 5.74) is 8.96. The average Bonchev–Trinajstić information content (AvgIpc) is 2.39. The van der Waals surface area contributed by atoms with Crippen LogP contribution in [0.15, 0.2) is 48.5 Å². The lowest BCUT2D eigenvalue weighted by Gasteiger charge is -2.03. The molecule has 0 aromatic heterocycles. The van der Waals surface area contributed by atoms with Gasteiger partial charge < -0.3 is 10.8 Å². The summed E-state index contributed by atoms with van der Waals surface area (Å²) in [6, 6.07) is 14.7. The van der Waals surface area contributed by atoms with Gasteiger partial charge in [-0.2, -0.15) is 0 Å². The Morgan fingerprint density at radius 3 is 1.78 bits per heavy atom. The Morgan fingerprint density at radius 1 is 0.944 bits per heavy atom. The van der Waals surface area contributed by atoms with Crippen LogP contribution >= 0.6 is 12.4 Å². The second kappa shape index (κ2) is 6.19. The van der Waals surface area contributed by atoms with Gasteiger partial charge in [-0.05, 0) is 28.8 Å². The van der Waals surface area contributed by atoms with E-state index in [9.17, 15) is 4.79 Å². The van der Waals surface area contributed by atoms with Gasteiger partial charge in [0.1, 0.15) is 0 Å². The fraction of sp³-hybridized carbons (Fsp3) is 0.0714. The Hall–Kier alpha value is -1.84. The molecule has 18 heavy (non-hydrogen) atoms. The third kappa shape index (κ3) is 3.09. The van der Waals surface area contributed by atoms with E-state index in [4.69, 9.17) is 10.8 Å². The van der Waals surface area contributed by atoms with E-state index < -0.39 is 5.97 Å². The minimum atomic E-state index is -0.907. The highest BCUT2D eigenvalue weighted by Crippen LogP contribution is 2.20. The lowest BCUT2D eigenvalue weighted by Crippen LogP contribution is -1.96. The molecule has 0 spiro atoms. The van der Waals surface area contributed by atoms with Crippen LogP contribution in [0, 0.1) is 0 Å². The average molecular weight is 264 g/mol. The van der Waals surface area contributed by atoms with Gasteiger partial charge in [-0.1, -0.05) is 36.4 Å². The van der Waals surface area contributed by atoms with E-state index in [0.29, 0.717) is 12.1 Å². The minimum absolute atomic E-state index is 0. The summed E-state index contributed by atoms with van der Waals surface area (Å²) < 4.78 is 0. The van der Waals surface area contributed by atoms with E-state index in [1.54, 1.807) is 24.3 Å². The highest BCUT2D eigenvalue weighted by molar-refractivity contribution is 5.88. The molecule has 2 aromatic carbocycles. The summed E-state index contributed by atoms with van der Waals surface area (Å²) in [5.74, 6) is -0.907. The van der Waals surface area contributed by atoms with Crippen LogP contribution in [-0.4, -0.2) is 11.1 Å². The van der Waals surface area contributed by atoms with Crippen LogP contribution in [0.2, 0.25) is 0 Å². The smallest absolute Gasteiger partial charge is 0.335 e. The van der Waals surface area contributed by atoms with E-state index in [0.717, 1.165) is 16.7 Å². The highest BCUT2D eigenvalue weighted by atomic mass is 35.5. The van der Waals surface area contributed by atoms with Crippen molar-refractivity contribution in [3.05, 3.63) is 59.7 Å². The zero-order valence-electron chi connectivity index (χ0n) is 9.67. The van der Waals surface area contributed by atoms with Gasteiger partial charge in [0.25, 0.3) is 0 Å². The standard InChI is InChI=1S/C14H13NO2.ClH/c15-9-10-1-3-11(4-2-10)12-5-7-13(8-6-12)14(16)17;/h1-8H,9,15H2,(H,16,17);1H. The van der Waals surface area contributed by atoms with Crippen LogP contribution in [0.4, 0.5) is 0 Å². The summed E-state index contributed by atoms with van der Waals surface area (Å²) in [7, 11) is 0. The number of hydrogen-bond acceptors (Lipinski definition) is 2. The van der Waals surface area contributed by atoms with Crippen molar-refractivity contribution in [1.29, 1.82) is 0 Å². The molecule has 0 saturated heterocycles. The number of benzene rings is 2. The van der Waals surface area contributed by atoms with Crippen LogP contribution in [0.3, 0.4) is 0 Å². The maximum Gasteiger partial charge on any atom is 0.335 e. The van der Waals surface area contributed by atoms with Crippen molar-refractivity contribution in [3.8, 4) is 11.1 Å². The van der Waals surface area contributed by atoms with Crippen molar-refractivity contribution >= 4 is 18.4 Å². The molecule has 2 aromatic rings. The molecule has 0 heterocycles. The first-order valence-electron chi connectivity index (χ1n) is 5.33. The third-order valence-electron chi connectivity index (χ3n) is 2.65. The quantitative estimate of drug-likeness (QED) is 0.895. The lowest BCUT2D eigenvalue weighted by molar-refractivity contribution is 0.0697. The van der Waals surface area contributed by atoms with Crippen molar-refractivity contribution in [2.45, 2.75) is 6.54 Å². The molecule has 3 N–H and O–H groups in total. The minimum Gasteiger partial charge on any atom is -0.478 e. The van der Waals surface area contributed by atoms with Gasteiger partial charge in [-0.3, -0.25) is 0 Å². The summed E-state index contributed by atoms with van der Waals surface area (Å²) in [5, 5.41) is 8.80. The van der Waals surface area contributed by atoms with Gasteiger partial charge in [-0.15, -0.1) is 12.4 Å². The molecule has 4 heteroatoms. The lowest BCUT2D eigenvalue weighted by atomic mass is 10.0. The van der Waals surface area contributed by atoms with Gasteiger partial charge >= 0.3 is 5.97 Å². The molecule has 3 nitrogen and oxygen atoms in total. The largest absolute Gasteiger partial charge is 0.478 e. The summed E-state index contributed by atoms with van der Waals surface area (Å²) >= 11 is 0. The fourth-order valence-electron chi connectivity index (χ4n) is 1.64. The zero-order valence-corrected chi connectivity index (χ0v) is 10.5. The van der Waals surface area contributed by atoms with Crippen LogP contribution in [0.1, 0.15) is 15.9 Å². The fourth-order valence-corrected chi connectivity index (χ4v) is 1.64. The van der Waals surface area contributed by atoms with Crippen LogP contribution in [0.5, 0.6) is 0 Å². The summed E-state index contributed by atoms with van der Waals surface area (Å²) in [6.07, 6.45) is 0. The maximum atomic E-state index is 10.7. The number of carboxylic acid groups (broad SMARTS) is 1. The van der Waals surface area contributed by atoms with Crippen LogP contribution in [-0.2, 0) is 6.54 Å². The van der Waals surface area contributed by atoms with Crippen LogP contribution < -0.4 is 5.73 Å². The Morgan fingerprint density at radius 2 is 1.39 bits per heavy atom. The van der Waals surface area contributed by atoms with E-state index in [1.807, 2.05) is 24.3 Å². The molecule has 0 saturated carbocycles. The van der Waals surface area contributed by atoms with E-state index >= 15 is 0 Å². The van der Waals surface area contributed by atoms with Crippen molar-refractivity contribution in [3.63, 3.8) is 0 Å². The highest BCUT2D eigenvalue weighted by Gasteiger charge is 2.02. The topological polar surface area (TPSA) is 63.3 Å². The number of nitrogens with two attached hydrogens (primary N) is 1. The van der Waals surface area contributed by atoms with Gasteiger partial charge in [0.05, 0.1) is 5.56 Å². The molecule has 0 fully saturated rings. The molecular formula is C14H14ClNO2. The molecule has 0 atom stereocenters. The predicted molar refractivity (Wildman–Crippen MR) is 74.0 cm³/mol. The molecule has 0 aliphatic heterocycles. The Bertz CT molecular complexity index is 520. The third-order valence-corrected chi connectivity index (χ3v) is 2.65. The number of rotatable bonds is 3. The zero-order chi connectivity index (χ0) is 12.3. The van der Waals surface area contributed by atoms with Crippen molar-refractivity contribution in [1.82, 2.24) is 0 Å². The van der Waals surface area contributed by atoms with Crippen molar-refractivity contribution in [2.75, 3.05) is 0 Å². The molecule has 2 rings (SSSR count). The molecule has 0 amide bonds. The van der Waals surface area contributed by atoms with Crippen molar-refractivity contribution in [2.24, 2.45) is 5.73 Å². The monoisotopic (exact) mass is 263 g/mol. The first-order chi connectivity index (χ1) is 8.20. The molecule has 0 unspecified atom stereocenters. The second-order valence-electron chi connectivity index (χ2n) is 3.78. The SMILES string of the molecule is Cl.NCc1ccc(-c2ccc(C(=O)O)cc2)cc1. The number of carbonyl (C=O) groups is 1. The molecular weight excluding hydrogens is 250 g/mol. The van der Waals surface area contributed by atoms with Crippen molar-refractivity contribution < 1.29 is 9.90 Å². The number of carboxylic acids is 1. The molecule has 94 valence electrons. The van der Waals surface area contributed by atoms with E-state index in [2.05, 4.69) is 0 Å². The molecule has 0 aliphatic carbocycles. The Kier molecular flexibility index (Phi) is 4.89.